The summed E-state index contributed by atoms with van der Waals surface area (Å²) >= 11 is 1.74. The van der Waals surface area contributed by atoms with E-state index in [9.17, 15) is 9.90 Å². The Kier molecular flexibility index (Phi) is 4.53. The third-order valence-electron chi connectivity index (χ3n) is 3.53. The molecule has 1 aromatic heterocycles. The minimum absolute atomic E-state index is 0.0279. The van der Waals surface area contributed by atoms with Gasteiger partial charge in [0.25, 0.3) is 0 Å². The van der Waals surface area contributed by atoms with Crippen molar-refractivity contribution in [2.75, 3.05) is 17.2 Å². The summed E-state index contributed by atoms with van der Waals surface area (Å²) in [6.07, 6.45) is 0.730. The van der Waals surface area contributed by atoms with Gasteiger partial charge >= 0.3 is 5.97 Å². The molecule has 0 amide bonds. The Morgan fingerprint density at radius 1 is 1.46 bits per heavy atom. The Balaban J connectivity index is 2.06. The summed E-state index contributed by atoms with van der Waals surface area (Å²) < 4.78 is 5.77. The molecule has 122 valence electrons. The molecule has 1 saturated heterocycles. The second kappa shape index (κ2) is 6.76. The number of aromatic carboxylic acids is 1. The van der Waals surface area contributed by atoms with E-state index in [1.807, 2.05) is 6.07 Å². The smallest absolute Gasteiger partial charge is 0.345 e. The fourth-order valence-electron chi connectivity index (χ4n) is 2.36. The molecule has 1 atom stereocenters. The van der Waals surface area contributed by atoms with Crippen LogP contribution in [0.25, 0.3) is 11.4 Å². The van der Waals surface area contributed by atoms with E-state index in [4.69, 9.17) is 15.7 Å². The van der Waals surface area contributed by atoms with Gasteiger partial charge in [-0.1, -0.05) is 12.1 Å². The fraction of sp³-hybridized carbons (Fsp3) is 0.250. The summed E-state index contributed by atoms with van der Waals surface area (Å²) in [6.45, 7) is 0. The summed E-state index contributed by atoms with van der Waals surface area (Å²) in [5.41, 5.74) is 6.62. The van der Waals surface area contributed by atoms with Crippen LogP contribution in [0.3, 0.4) is 0 Å². The lowest BCUT2D eigenvalue weighted by molar-refractivity contribution is 0.0689. The standard InChI is InChI=1S/C16H14N4O3S/c17-7-9-2-1-3-10(6-9)14-19-13(18)12(16(21)22)15(20-14)23-11-4-5-24-8-11/h1-3,6,11H,4-5,8H2,(H,21,22)(H2,18,19,20). The number of carbonyl (C=O) groups is 1. The monoisotopic (exact) mass is 342 g/mol. The van der Waals surface area contributed by atoms with Crippen LogP contribution < -0.4 is 10.5 Å². The zero-order valence-corrected chi connectivity index (χ0v) is 13.4. The van der Waals surface area contributed by atoms with Crippen molar-refractivity contribution in [3.05, 3.63) is 35.4 Å². The quantitative estimate of drug-likeness (QED) is 0.867. The lowest BCUT2D eigenvalue weighted by Crippen LogP contribution is -2.19. The molecule has 0 bridgehead atoms. The summed E-state index contributed by atoms with van der Waals surface area (Å²) in [6, 6.07) is 8.74. The van der Waals surface area contributed by atoms with E-state index >= 15 is 0 Å². The van der Waals surface area contributed by atoms with Gasteiger partial charge in [-0.2, -0.15) is 22.0 Å². The first-order valence-electron chi connectivity index (χ1n) is 7.24. The minimum Gasteiger partial charge on any atom is -0.477 e. The highest BCUT2D eigenvalue weighted by Gasteiger charge is 2.25. The number of carboxylic acids is 1. The molecule has 0 radical (unpaired) electrons. The molecule has 3 rings (SSSR count). The van der Waals surface area contributed by atoms with Crippen LogP contribution in [0, 0.1) is 11.3 Å². The number of thioether (sulfide) groups is 1. The van der Waals surface area contributed by atoms with Crippen LogP contribution in [0.5, 0.6) is 5.88 Å². The Morgan fingerprint density at radius 2 is 2.29 bits per heavy atom. The van der Waals surface area contributed by atoms with Gasteiger partial charge in [0.2, 0.25) is 5.88 Å². The van der Waals surface area contributed by atoms with Crippen molar-refractivity contribution >= 4 is 23.5 Å². The van der Waals surface area contributed by atoms with Crippen molar-refractivity contribution < 1.29 is 14.6 Å². The molecule has 1 aliphatic rings. The summed E-state index contributed by atoms with van der Waals surface area (Å²) in [5.74, 6) is 0.559. The number of nitrogen functional groups attached to an aromatic ring is 1. The number of hydrogen-bond donors (Lipinski definition) is 2. The first kappa shape index (κ1) is 16.1. The molecular weight excluding hydrogens is 328 g/mol. The van der Waals surface area contributed by atoms with Gasteiger partial charge in [0.1, 0.15) is 11.9 Å². The Hall–Kier alpha value is -2.79. The summed E-state index contributed by atoms with van der Waals surface area (Å²) in [4.78, 5) is 19.8. The highest BCUT2D eigenvalue weighted by atomic mass is 32.2. The number of aromatic nitrogens is 2. The number of nitrogens with zero attached hydrogens (tertiary/aromatic N) is 3. The van der Waals surface area contributed by atoms with Gasteiger partial charge in [0.05, 0.1) is 11.6 Å². The van der Waals surface area contributed by atoms with Gasteiger partial charge in [-0.15, -0.1) is 0 Å². The van der Waals surface area contributed by atoms with Gasteiger partial charge in [-0.25, -0.2) is 9.78 Å². The van der Waals surface area contributed by atoms with Crippen molar-refractivity contribution in [2.24, 2.45) is 0 Å². The van der Waals surface area contributed by atoms with Crippen LogP contribution >= 0.6 is 11.8 Å². The number of nitriles is 1. The predicted molar refractivity (Wildman–Crippen MR) is 89.9 cm³/mol. The van der Waals surface area contributed by atoms with Crippen LogP contribution in [0.15, 0.2) is 24.3 Å². The Labute approximate surface area is 142 Å². The average molecular weight is 342 g/mol. The van der Waals surface area contributed by atoms with E-state index in [1.165, 1.54) is 0 Å². The molecule has 1 unspecified atom stereocenters. The highest BCUT2D eigenvalue weighted by molar-refractivity contribution is 7.99. The Morgan fingerprint density at radius 3 is 2.96 bits per heavy atom. The fourth-order valence-corrected chi connectivity index (χ4v) is 3.46. The summed E-state index contributed by atoms with van der Waals surface area (Å²) in [5, 5.41) is 18.4. The zero-order chi connectivity index (χ0) is 17.1. The van der Waals surface area contributed by atoms with Crippen LogP contribution in [-0.2, 0) is 0 Å². The molecule has 0 saturated carbocycles. The molecule has 1 aromatic carbocycles. The highest BCUT2D eigenvalue weighted by Crippen LogP contribution is 2.29. The normalized spacial score (nSPS) is 16.5. The lowest BCUT2D eigenvalue weighted by atomic mass is 10.1. The SMILES string of the molecule is N#Cc1cccc(-c2nc(N)c(C(=O)O)c(OC3CCSC3)n2)c1. The maximum absolute atomic E-state index is 11.5. The number of rotatable bonds is 4. The molecule has 2 heterocycles. The molecule has 24 heavy (non-hydrogen) atoms. The lowest BCUT2D eigenvalue weighted by Gasteiger charge is -2.15. The molecule has 0 aliphatic carbocycles. The van der Waals surface area contributed by atoms with Crippen molar-refractivity contribution in [1.82, 2.24) is 9.97 Å². The molecule has 2 aromatic rings. The van der Waals surface area contributed by atoms with E-state index in [-0.39, 0.29) is 29.2 Å². The van der Waals surface area contributed by atoms with Gasteiger partial charge in [-0.3, -0.25) is 0 Å². The van der Waals surface area contributed by atoms with E-state index in [2.05, 4.69) is 9.97 Å². The van der Waals surface area contributed by atoms with Crippen molar-refractivity contribution in [1.29, 1.82) is 5.26 Å². The third kappa shape index (κ3) is 3.26. The first-order valence-corrected chi connectivity index (χ1v) is 8.39. The molecule has 1 fully saturated rings. The van der Waals surface area contributed by atoms with Gasteiger partial charge in [-0.05, 0) is 24.3 Å². The number of anilines is 1. The topological polar surface area (TPSA) is 122 Å². The van der Waals surface area contributed by atoms with Gasteiger partial charge in [0, 0.05) is 11.3 Å². The van der Waals surface area contributed by atoms with Crippen LogP contribution in [0.4, 0.5) is 5.82 Å². The molecule has 3 N–H and O–H groups in total. The minimum atomic E-state index is -1.23. The van der Waals surface area contributed by atoms with Crippen LogP contribution in [-0.4, -0.2) is 38.7 Å². The first-order chi connectivity index (χ1) is 11.6. The van der Waals surface area contributed by atoms with Gasteiger partial charge < -0.3 is 15.6 Å². The van der Waals surface area contributed by atoms with E-state index < -0.39 is 5.97 Å². The molecular formula is C16H14N4O3S. The Bertz CT molecular complexity index is 829. The van der Waals surface area contributed by atoms with Gasteiger partial charge in [0.15, 0.2) is 11.4 Å². The van der Waals surface area contributed by atoms with E-state index in [1.54, 1.807) is 36.0 Å². The second-order valence-corrected chi connectivity index (χ2v) is 6.36. The molecule has 0 spiro atoms. The van der Waals surface area contributed by atoms with Crippen molar-refractivity contribution in [3.63, 3.8) is 0 Å². The predicted octanol–water partition coefficient (Wildman–Crippen LogP) is 2.18. The zero-order valence-electron chi connectivity index (χ0n) is 12.6. The number of ether oxygens (including phenoxy) is 1. The number of carboxylic acid groups (broad SMARTS) is 1. The third-order valence-corrected chi connectivity index (χ3v) is 4.67. The average Bonchev–Trinajstić information content (AvgIpc) is 3.07. The second-order valence-electron chi connectivity index (χ2n) is 5.21. The molecule has 8 heteroatoms. The molecule has 1 aliphatic heterocycles. The van der Waals surface area contributed by atoms with Crippen molar-refractivity contribution in [3.8, 4) is 23.3 Å². The summed E-state index contributed by atoms with van der Waals surface area (Å²) in [7, 11) is 0. The number of benzene rings is 1. The van der Waals surface area contributed by atoms with Crippen LogP contribution in [0.2, 0.25) is 0 Å². The largest absolute Gasteiger partial charge is 0.477 e. The van der Waals surface area contributed by atoms with E-state index in [0.29, 0.717) is 11.1 Å². The van der Waals surface area contributed by atoms with E-state index in [0.717, 1.165) is 17.9 Å². The maximum atomic E-state index is 11.5. The number of nitrogens with two attached hydrogens (primary N) is 1. The van der Waals surface area contributed by atoms with Crippen LogP contribution in [0.1, 0.15) is 22.3 Å². The van der Waals surface area contributed by atoms with Crippen molar-refractivity contribution in [2.45, 2.75) is 12.5 Å². The number of hydrogen-bond acceptors (Lipinski definition) is 7. The molecule has 7 nitrogen and oxygen atoms in total. The maximum Gasteiger partial charge on any atom is 0.345 e.